The van der Waals surface area contributed by atoms with Crippen molar-refractivity contribution in [3.05, 3.63) is 70.8 Å². The standard InChI is InChI=1S/C25H34N2O2/c1-6-23(25(29)26-16-18(2)3)27(17-21-13-11-19(4)12-14-21)24(28)15-22-10-8-7-9-20(22)5/h7-14,18,23H,6,15-17H2,1-5H3,(H,26,29)/t23-/m0/s1. The van der Waals surface area contributed by atoms with Crippen molar-refractivity contribution in [1.29, 1.82) is 0 Å². The molecule has 0 aliphatic rings. The Kier molecular flexibility index (Phi) is 8.44. The molecule has 2 rings (SSSR count). The van der Waals surface area contributed by atoms with Crippen molar-refractivity contribution in [2.45, 2.75) is 60.0 Å². The van der Waals surface area contributed by atoms with Crippen molar-refractivity contribution in [3.8, 4) is 0 Å². The van der Waals surface area contributed by atoms with Crippen molar-refractivity contribution >= 4 is 11.8 Å². The van der Waals surface area contributed by atoms with Gasteiger partial charge in [0.05, 0.1) is 6.42 Å². The molecule has 0 aliphatic heterocycles. The summed E-state index contributed by atoms with van der Waals surface area (Å²) in [5.74, 6) is 0.266. The first-order valence-electron chi connectivity index (χ1n) is 10.5. The lowest BCUT2D eigenvalue weighted by atomic mass is 10.0. The second-order valence-corrected chi connectivity index (χ2v) is 8.17. The molecule has 0 aliphatic carbocycles. The predicted molar refractivity (Wildman–Crippen MR) is 119 cm³/mol. The van der Waals surface area contributed by atoms with Crippen LogP contribution in [0, 0.1) is 19.8 Å². The molecule has 1 atom stereocenters. The lowest BCUT2D eigenvalue weighted by Gasteiger charge is -2.31. The van der Waals surface area contributed by atoms with Crippen LogP contribution in [0.25, 0.3) is 0 Å². The molecule has 0 unspecified atom stereocenters. The minimum absolute atomic E-state index is 0.0218. The van der Waals surface area contributed by atoms with E-state index in [2.05, 4.69) is 19.2 Å². The van der Waals surface area contributed by atoms with Gasteiger partial charge in [-0.25, -0.2) is 0 Å². The number of hydrogen-bond donors (Lipinski definition) is 1. The van der Waals surface area contributed by atoms with Gasteiger partial charge in [0.2, 0.25) is 11.8 Å². The summed E-state index contributed by atoms with van der Waals surface area (Å²) in [6.45, 7) is 11.2. The highest BCUT2D eigenvalue weighted by atomic mass is 16.2. The number of benzene rings is 2. The Morgan fingerprint density at radius 2 is 1.66 bits per heavy atom. The number of hydrogen-bond acceptors (Lipinski definition) is 2. The quantitative estimate of drug-likeness (QED) is 0.684. The van der Waals surface area contributed by atoms with Crippen molar-refractivity contribution in [1.82, 2.24) is 10.2 Å². The van der Waals surface area contributed by atoms with Crippen molar-refractivity contribution in [2.75, 3.05) is 6.54 Å². The Labute approximate surface area is 175 Å². The average Bonchev–Trinajstić information content (AvgIpc) is 2.69. The summed E-state index contributed by atoms with van der Waals surface area (Å²) in [6.07, 6.45) is 0.877. The Morgan fingerprint density at radius 3 is 2.24 bits per heavy atom. The van der Waals surface area contributed by atoms with Crippen LogP contribution in [-0.4, -0.2) is 29.3 Å². The topological polar surface area (TPSA) is 49.4 Å². The van der Waals surface area contributed by atoms with E-state index in [4.69, 9.17) is 0 Å². The molecule has 0 bridgehead atoms. The zero-order valence-corrected chi connectivity index (χ0v) is 18.4. The van der Waals surface area contributed by atoms with Gasteiger partial charge in [-0.3, -0.25) is 9.59 Å². The van der Waals surface area contributed by atoms with Crippen LogP contribution in [0.4, 0.5) is 0 Å². The Morgan fingerprint density at radius 1 is 1.00 bits per heavy atom. The van der Waals surface area contributed by atoms with Gasteiger partial charge in [-0.15, -0.1) is 0 Å². The molecule has 0 spiro atoms. The zero-order valence-electron chi connectivity index (χ0n) is 18.4. The SMILES string of the molecule is CC[C@@H](C(=O)NCC(C)C)N(Cc1ccc(C)cc1)C(=O)Cc1ccccc1C. The molecular weight excluding hydrogens is 360 g/mol. The van der Waals surface area contributed by atoms with Gasteiger partial charge in [-0.1, -0.05) is 74.9 Å². The maximum atomic E-state index is 13.3. The van der Waals surface area contributed by atoms with Gasteiger partial charge in [-0.05, 0) is 42.9 Å². The molecule has 0 aromatic heterocycles. The van der Waals surface area contributed by atoms with Gasteiger partial charge in [0.15, 0.2) is 0 Å². The minimum Gasteiger partial charge on any atom is -0.354 e. The average molecular weight is 395 g/mol. The van der Waals surface area contributed by atoms with Crippen LogP contribution in [-0.2, 0) is 22.6 Å². The number of aryl methyl sites for hydroxylation is 2. The van der Waals surface area contributed by atoms with E-state index >= 15 is 0 Å². The second-order valence-electron chi connectivity index (χ2n) is 8.17. The molecule has 0 saturated heterocycles. The normalized spacial score (nSPS) is 11.9. The molecule has 2 aromatic rings. The Hall–Kier alpha value is -2.62. The fraction of sp³-hybridized carbons (Fsp3) is 0.440. The first kappa shape index (κ1) is 22.7. The lowest BCUT2D eigenvalue weighted by Crippen LogP contribution is -2.50. The summed E-state index contributed by atoms with van der Waals surface area (Å²) in [5, 5.41) is 3.01. The first-order chi connectivity index (χ1) is 13.8. The van der Waals surface area contributed by atoms with E-state index in [0.717, 1.165) is 16.7 Å². The molecule has 156 valence electrons. The second kappa shape index (κ2) is 10.8. The Balaban J connectivity index is 2.27. The number of nitrogens with one attached hydrogen (secondary N) is 1. The summed E-state index contributed by atoms with van der Waals surface area (Å²) < 4.78 is 0. The molecule has 4 nitrogen and oxygen atoms in total. The van der Waals surface area contributed by atoms with E-state index in [1.807, 2.05) is 69.3 Å². The summed E-state index contributed by atoms with van der Waals surface area (Å²) >= 11 is 0. The van der Waals surface area contributed by atoms with E-state index in [1.165, 1.54) is 5.56 Å². The third kappa shape index (κ3) is 6.74. The van der Waals surface area contributed by atoms with E-state index in [-0.39, 0.29) is 11.8 Å². The molecule has 0 fully saturated rings. The van der Waals surface area contributed by atoms with E-state index in [1.54, 1.807) is 4.90 Å². The van der Waals surface area contributed by atoms with Gasteiger partial charge in [0.25, 0.3) is 0 Å². The van der Waals surface area contributed by atoms with Crippen LogP contribution in [0.1, 0.15) is 49.4 Å². The molecule has 1 N–H and O–H groups in total. The van der Waals surface area contributed by atoms with Gasteiger partial charge in [0, 0.05) is 13.1 Å². The minimum atomic E-state index is -0.480. The molecule has 2 aromatic carbocycles. The highest BCUT2D eigenvalue weighted by Gasteiger charge is 2.28. The van der Waals surface area contributed by atoms with Gasteiger partial charge in [0.1, 0.15) is 6.04 Å². The number of amides is 2. The molecule has 0 saturated carbocycles. The first-order valence-corrected chi connectivity index (χ1v) is 10.5. The third-order valence-electron chi connectivity index (χ3n) is 5.15. The van der Waals surface area contributed by atoms with Crippen molar-refractivity contribution in [2.24, 2.45) is 5.92 Å². The lowest BCUT2D eigenvalue weighted by molar-refractivity contribution is -0.141. The molecular formula is C25H34N2O2. The van der Waals surface area contributed by atoms with Crippen LogP contribution in [0.5, 0.6) is 0 Å². The van der Waals surface area contributed by atoms with Crippen molar-refractivity contribution < 1.29 is 9.59 Å². The summed E-state index contributed by atoms with van der Waals surface area (Å²) in [7, 11) is 0. The van der Waals surface area contributed by atoms with Crippen LogP contribution in [0.2, 0.25) is 0 Å². The summed E-state index contributed by atoms with van der Waals surface area (Å²) in [6, 6.07) is 15.6. The monoisotopic (exact) mass is 394 g/mol. The maximum Gasteiger partial charge on any atom is 0.242 e. The fourth-order valence-corrected chi connectivity index (χ4v) is 3.31. The predicted octanol–water partition coefficient (Wildman–Crippen LogP) is 4.43. The highest BCUT2D eigenvalue weighted by molar-refractivity contribution is 5.88. The van der Waals surface area contributed by atoms with Crippen LogP contribution in [0.3, 0.4) is 0 Å². The summed E-state index contributed by atoms with van der Waals surface area (Å²) in [4.78, 5) is 28.0. The van der Waals surface area contributed by atoms with E-state index < -0.39 is 6.04 Å². The molecule has 4 heteroatoms. The number of carbonyl (C=O) groups excluding carboxylic acids is 2. The van der Waals surface area contributed by atoms with Crippen LogP contribution < -0.4 is 5.32 Å². The van der Waals surface area contributed by atoms with Crippen LogP contribution >= 0.6 is 0 Å². The smallest absolute Gasteiger partial charge is 0.242 e. The fourth-order valence-electron chi connectivity index (χ4n) is 3.31. The van der Waals surface area contributed by atoms with Crippen LogP contribution in [0.15, 0.2) is 48.5 Å². The van der Waals surface area contributed by atoms with Gasteiger partial charge >= 0.3 is 0 Å². The maximum absolute atomic E-state index is 13.3. The number of nitrogens with zero attached hydrogens (tertiary/aromatic N) is 1. The molecule has 2 amide bonds. The van der Waals surface area contributed by atoms with Gasteiger partial charge < -0.3 is 10.2 Å². The zero-order chi connectivity index (χ0) is 21.4. The third-order valence-corrected chi connectivity index (χ3v) is 5.15. The van der Waals surface area contributed by atoms with E-state index in [9.17, 15) is 9.59 Å². The molecule has 0 heterocycles. The van der Waals surface area contributed by atoms with Gasteiger partial charge in [-0.2, -0.15) is 0 Å². The largest absolute Gasteiger partial charge is 0.354 e. The summed E-state index contributed by atoms with van der Waals surface area (Å²) in [5.41, 5.74) is 4.30. The molecule has 29 heavy (non-hydrogen) atoms. The van der Waals surface area contributed by atoms with Crippen molar-refractivity contribution in [3.63, 3.8) is 0 Å². The molecule has 0 radical (unpaired) electrons. The highest BCUT2D eigenvalue weighted by Crippen LogP contribution is 2.17. The van der Waals surface area contributed by atoms with E-state index in [0.29, 0.717) is 31.8 Å². The number of rotatable bonds is 9. The number of carbonyl (C=O) groups is 2. The Bertz CT molecular complexity index is 812.